The second kappa shape index (κ2) is 5.02. The van der Waals surface area contributed by atoms with Gasteiger partial charge in [0.2, 0.25) is 0 Å². The average molecular weight is 227 g/mol. The number of ether oxygens (including phenoxy) is 1. The summed E-state index contributed by atoms with van der Waals surface area (Å²) in [5.74, 6) is 0.876. The van der Waals surface area contributed by atoms with Crippen molar-refractivity contribution in [1.29, 1.82) is 0 Å². The fourth-order valence-electron chi connectivity index (χ4n) is 1.76. The third kappa shape index (κ3) is 2.66. The minimum Gasteiger partial charge on any atom is -0.497 e. The molecular formula is C15H17NO. The van der Waals surface area contributed by atoms with Crippen LogP contribution in [0.25, 0.3) is 11.1 Å². The first kappa shape index (κ1) is 11.7. The second-order valence-electron chi connectivity index (χ2n) is 4.14. The third-order valence-corrected chi connectivity index (χ3v) is 2.86. The molecule has 0 spiro atoms. The van der Waals surface area contributed by atoms with Gasteiger partial charge in [0.25, 0.3) is 0 Å². The highest BCUT2D eigenvalue weighted by Gasteiger charge is 2.01. The summed E-state index contributed by atoms with van der Waals surface area (Å²) in [6.07, 6.45) is 0. The van der Waals surface area contributed by atoms with Crippen molar-refractivity contribution in [3.8, 4) is 16.9 Å². The van der Waals surface area contributed by atoms with Crippen LogP contribution in [-0.2, 0) is 0 Å². The molecule has 2 rings (SSSR count). The molecule has 0 aromatic heterocycles. The number of rotatable bonds is 3. The molecule has 2 heteroatoms. The van der Waals surface area contributed by atoms with Crippen LogP contribution in [0.1, 0.15) is 18.5 Å². The van der Waals surface area contributed by atoms with Crippen LogP contribution in [0.5, 0.6) is 5.75 Å². The molecule has 0 fully saturated rings. The highest BCUT2D eigenvalue weighted by molar-refractivity contribution is 5.64. The molecule has 2 aromatic carbocycles. The van der Waals surface area contributed by atoms with E-state index >= 15 is 0 Å². The van der Waals surface area contributed by atoms with Crippen LogP contribution in [0.4, 0.5) is 0 Å². The summed E-state index contributed by atoms with van der Waals surface area (Å²) in [5, 5.41) is 0. The molecule has 88 valence electrons. The van der Waals surface area contributed by atoms with E-state index in [1.165, 1.54) is 11.1 Å². The van der Waals surface area contributed by atoms with Crippen LogP contribution in [0, 0.1) is 0 Å². The van der Waals surface area contributed by atoms with E-state index in [1.807, 2.05) is 19.1 Å². The van der Waals surface area contributed by atoms with Gasteiger partial charge in [0.15, 0.2) is 0 Å². The van der Waals surface area contributed by atoms with Gasteiger partial charge in [0.05, 0.1) is 7.11 Å². The Balaban J connectivity index is 2.26. The van der Waals surface area contributed by atoms with Crippen LogP contribution in [0.15, 0.2) is 48.5 Å². The Morgan fingerprint density at radius 1 is 0.882 bits per heavy atom. The second-order valence-corrected chi connectivity index (χ2v) is 4.14. The molecule has 0 saturated heterocycles. The highest BCUT2D eigenvalue weighted by Crippen LogP contribution is 2.23. The van der Waals surface area contributed by atoms with Crippen LogP contribution >= 0.6 is 0 Å². The first-order valence-corrected chi connectivity index (χ1v) is 5.70. The van der Waals surface area contributed by atoms with Crippen molar-refractivity contribution < 1.29 is 4.74 Å². The lowest BCUT2D eigenvalue weighted by Gasteiger charge is -2.07. The van der Waals surface area contributed by atoms with Gasteiger partial charge >= 0.3 is 0 Å². The van der Waals surface area contributed by atoms with Crippen molar-refractivity contribution in [3.05, 3.63) is 54.1 Å². The molecule has 0 heterocycles. The maximum atomic E-state index is 5.82. The fraction of sp³-hybridized carbons (Fsp3) is 0.200. The topological polar surface area (TPSA) is 35.2 Å². The van der Waals surface area contributed by atoms with Gasteiger partial charge in [-0.15, -0.1) is 0 Å². The SMILES string of the molecule is COc1ccc(-c2ccc([C@@H](C)N)cc2)cc1. The summed E-state index contributed by atoms with van der Waals surface area (Å²) in [5.41, 5.74) is 9.35. The first-order valence-electron chi connectivity index (χ1n) is 5.70. The van der Waals surface area contributed by atoms with Crippen LogP contribution in [0.2, 0.25) is 0 Å². The predicted octanol–water partition coefficient (Wildman–Crippen LogP) is 3.38. The molecule has 0 unspecified atom stereocenters. The van der Waals surface area contributed by atoms with Crippen molar-refractivity contribution in [2.75, 3.05) is 7.11 Å². The smallest absolute Gasteiger partial charge is 0.118 e. The van der Waals surface area contributed by atoms with Gasteiger partial charge in [0.1, 0.15) is 5.75 Å². The van der Waals surface area contributed by atoms with E-state index in [1.54, 1.807) is 7.11 Å². The van der Waals surface area contributed by atoms with Crippen molar-refractivity contribution in [3.63, 3.8) is 0 Å². The molecule has 0 aliphatic heterocycles. The van der Waals surface area contributed by atoms with Crippen molar-refractivity contribution >= 4 is 0 Å². The predicted molar refractivity (Wildman–Crippen MR) is 71.0 cm³/mol. The molecule has 2 aromatic rings. The normalized spacial score (nSPS) is 12.2. The Hall–Kier alpha value is -1.80. The molecule has 0 aliphatic rings. The minimum absolute atomic E-state index is 0.0833. The zero-order valence-corrected chi connectivity index (χ0v) is 10.2. The van der Waals surface area contributed by atoms with Gasteiger partial charge in [-0.05, 0) is 35.7 Å². The summed E-state index contributed by atoms with van der Waals surface area (Å²) in [4.78, 5) is 0. The Morgan fingerprint density at radius 3 is 1.76 bits per heavy atom. The zero-order valence-electron chi connectivity index (χ0n) is 10.2. The van der Waals surface area contributed by atoms with Gasteiger partial charge in [-0.2, -0.15) is 0 Å². The number of hydrogen-bond acceptors (Lipinski definition) is 2. The summed E-state index contributed by atoms with van der Waals surface area (Å²) in [6, 6.07) is 16.5. The molecule has 0 aliphatic carbocycles. The maximum Gasteiger partial charge on any atom is 0.118 e. The lowest BCUT2D eigenvalue weighted by Crippen LogP contribution is -2.04. The molecule has 0 radical (unpaired) electrons. The monoisotopic (exact) mass is 227 g/mol. The van der Waals surface area contributed by atoms with E-state index in [-0.39, 0.29) is 6.04 Å². The summed E-state index contributed by atoms with van der Waals surface area (Å²) in [6.45, 7) is 1.99. The Labute approximate surface area is 102 Å². The Bertz CT molecular complexity index is 471. The summed E-state index contributed by atoms with van der Waals surface area (Å²) < 4.78 is 5.14. The van der Waals surface area contributed by atoms with E-state index in [0.717, 1.165) is 11.3 Å². The molecule has 17 heavy (non-hydrogen) atoms. The van der Waals surface area contributed by atoms with Gasteiger partial charge in [-0.25, -0.2) is 0 Å². The minimum atomic E-state index is 0.0833. The average Bonchev–Trinajstić information content (AvgIpc) is 2.39. The molecule has 0 bridgehead atoms. The fourth-order valence-corrected chi connectivity index (χ4v) is 1.76. The number of nitrogens with two attached hydrogens (primary N) is 1. The Kier molecular flexibility index (Phi) is 3.45. The molecular weight excluding hydrogens is 210 g/mol. The molecule has 2 N–H and O–H groups in total. The van der Waals surface area contributed by atoms with Crippen molar-refractivity contribution in [2.24, 2.45) is 5.73 Å². The highest BCUT2D eigenvalue weighted by atomic mass is 16.5. The lowest BCUT2D eigenvalue weighted by atomic mass is 10.0. The van der Waals surface area contributed by atoms with E-state index in [0.29, 0.717) is 0 Å². The van der Waals surface area contributed by atoms with Crippen LogP contribution in [0.3, 0.4) is 0 Å². The molecule has 0 saturated carbocycles. The largest absolute Gasteiger partial charge is 0.497 e. The van der Waals surface area contributed by atoms with Gasteiger partial charge in [-0.3, -0.25) is 0 Å². The number of benzene rings is 2. The van der Waals surface area contributed by atoms with Gasteiger partial charge in [-0.1, -0.05) is 36.4 Å². The molecule has 2 nitrogen and oxygen atoms in total. The van der Waals surface area contributed by atoms with Crippen LogP contribution in [-0.4, -0.2) is 7.11 Å². The quantitative estimate of drug-likeness (QED) is 0.872. The zero-order chi connectivity index (χ0) is 12.3. The summed E-state index contributed by atoms with van der Waals surface area (Å²) >= 11 is 0. The standard InChI is InChI=1S/C15H17NO/c1-11(16)12-3-5-13(6-4-12)14-7-9-15(17-2)10-8-14/h3-11H,16H2,1-2H3/t11-/m1/s1. The van der Waals surface area contributed by atoms with E-state index in [9.17, 15) is 0 Å². The number of methoxy groups -OCH3 is 1. The van der Waals surface area contributed by atoms with Crippen molar-refractivity contribution in [2.45, 2.75) is 13.0 Å². The van der Waals surface area contributed by atoms with Crippen LogP contribution < -0.4 is 10.5 Å². The van der Waals surface area contributed by atoms with E-state index in [4.69, 9.17) is 10.5 Å². The van der Waals surface area contributed by atoms with Gasteiger partial charge in [0, 0.05) is 6.04 Å². The molecule has 0 amide bonds. The van der Waals surface area contributed by atoms with E-state index < -0.39 is 0 Å². The first-order chi connectivity index (χ1) is 8.20. The number of hydrogen-bond donors (Lipinski definition) is 1. The lowest BCUT2D eigenvalue weighted by molar-refractivity contribution is 0.415. The molecule has 1 atom stereocenters. The Morgan fingerprint density at radius 2 is 1.35 bits per heavy atom. The maximum absolute atomic E-state index is 5.82. The van der Waals surface area contributed by atoms with Gasteiger partial charge < -0.3 is 10.5 Å². The van der Waals surface area contributed by atoms with Crippen molar-refractivity contribution in [1.82, 2.24) is 0 Å². The summed E-state index contributed by atoms with van der Waals surface area (Å²) in [7, 11) is 1.67. The third-order valence-electron chi connectivity index (χ3n) is 2.86. The van der Waals surface area contributed by atoms with E-state index in [2.05, 4.69) is 36.4 Å².